The molecule has 0 N–H and O–H groups in total. The highest BCUT2D eigenvalue weighted by molar-refractivity contribution is 5.72. The van der Waals surface area contributed by atoms with Crippen molar-refractivity contribution in [3.8, 4) is 11.1 Å². The number of aromatic nitrogens is 1. The minimum Gasteiger partial charge on any atom is -0.378 e. The quantitative estimate of drug-likeness (QED) is 0.222. The van der Waals surface area contributed by atoms with Crippen LogP contribution in [-0.2, 0) is 6.54 Å². The SMILES string of the molecule is C=C(C1CCCCC1)N(Cc1ccc(-c2ccc(N(C)C)cc2)cc1)c1cccc(/C=C/c2ccncc2)c1. The molecule has 0 aliphatic heterocycles. The molecule has 5 rings (SSSR count). The summed E-state index contributed by atoms with van der Waals surface area (Å²) in [7, 11) is 4.15. The number of pyridine rings is 1. The van der Waals surface area contributed by atoms with E-state index in [0.717, 1.165) is 12.1 Å². The summed E-state index contributed by atoms with van der Waals surface area (Å²) in [5.41, 5.74) is 9.76. The number of nitrogens with zero attached hydrogens (tertiary/aromatic N) is 3. The fourth-order valence-electron chi connectivity index (χ4n) is 5.42. The molecule has 4 aromatic rings. The van der Waals surface area contributed by atoms with Crippen LogP contribution in [0.15, 0.2) is 110 Å². The van der Waals surface area contributed by atoms with E-state index < -0.39 is 0 Å². The first-order valence-electron chi connectivity index (χ1n) is 14.1. The Kier molecular flexibility index (Phi) is 8.58. The van der Waals surface area contributed by atoms with Crippen molar-refractivity contribution >= 4 is 23.5 Å². The maximum atomic E-state index is 4.66. The Balaban J connectivity index is 1.39. The van der Waals surface area contributed by atoms with Gasteiger partial charge in [0.25, 0.3) is 0 Å². The van der Waals surface area contributed by atoms with Crippen molar-refractivity contribution in [3.05, 3.63) is 126 Å². The van der Waals surface area contributed by atoms with E-state index >= 15 is 0 Å². The average Bonchev–Trinajstić information content (AvgIpc) is 3.00. The second kappa shape index (κ2) is 12.6. The molecule has 3 heteroatoms. The van der Waals surface area contributed by atoms with Gasteiger partial charge in [0.15, 0.2) is 0 Å². The summed E-state index contributed by atoms with van der Waals surface area (Å²) in [5.74, 6) is 0.546. The molecule has 1 aliphatic rings. The standard InChI is InChI=1S/C36H39N3/c1-28(32-9-5-4-6-10-32)39(36-11-7-8-30(26-36)13-12-29-22-24-37-25-23-29)27-31-14-16-33(17-15-31)34-18-20-35(21-19-34)38(2)3/h7-8,11-26,32H,1,4-6,9-10,27H2,2-3H3/b13-12+. The highest BCUT2D eigenvalue weighted by atomic mass is 15.1. The summed E-state index contributed by atoms with van der Waals surface area (Å²) in [4.78, 5) is 8.70. The van der Waals surface area contributed by atoms with Crippen molar-refractivity contribution < 1.29 is 0 Å². The number of allylic oxidation sites excluding steroid dienone is 1. The zero-order valence-electron chi connectivity index (χ0n) is 23.3. The van der Waals surface area contributed by atoms with Crippen LogP contribution in [0.1, 0.15) is 48.8 Å². The van der Waals surface area contributed by atoms with Crippen molar-refractivity contribution in [2.75, 3.05) is 23.9 Å². The van der Waals surface area contributed by atoms with Gasteiger partial charge in [-0.25, -0.2) is 0 Å². The normalized spacial score (nSPS) is 13.9. The maximum absolute atomic E-state index is 4.66. The summed E-state index contributed by atoms with van der Waals surface area (Å²) in [6, 6.07) is 30.7. The number of anilines is 2. The molecule has 39 heavy (non-hydrogen) atoms. The van der Waals surface area contributed by atoms with Gasteiger partial charge in [-0.2, -0.15) is 0 Å². The van der Waals surface area contributed by atoms with E-state index in [2.05, 4.69) is 120 Å². The molecule has 3 aromatic carbocycles. The van der Waals surface area contributed by atoms with Crippen molar-refractivity contribution in [2.45, 2.75) is 38.6 Å². The van der Waals surface area contributed by atoms with Crippen LogP contribution in [0.2, 0.25) is 0 Å². The number of hydrogen-bond acceptors (Lipinski definition) is 3. The molecule has 0 spiro atoms. The summed E-state index contributed by atoms with van der Waals surface area (Å²) < 4.78 is 0. The molecule has 0 saturated heterocycles. The largest absolute Gasteiger partial charge is 0.378 e. The Morgan fingerprint density at radius 1 is 0.769 bits per heavy atom. The predicted molar refractivity (Wildman–Crippen MR) is 168 cm³/mol. The van der Waals surface area contributed by atoms with Crippen LogP contribution in [0, 0.1) is 5.92 Å². The lowest BCUT2D eigenvalue weighted by Gasteiger charge is -2.34. The van der Waals surface area contributed by atoms with Gasteiger partial charge in [-0.3, -0.25) is 4.98 Å². The highest BCUT2D eigenvalue weighted by Gasteiger charge is 2.22. The van der Waals surface area contributed by atoms with E-state index in [0.29, 0.717) is 5.92 Å². The van der Waals surface area contributed by atoms with E-state index in [4.69, 9.17) is 0 Å². The van der Waals surface area contributed by atoms with Crippen LogP contribution >= 0.6 is 0 Å². The minimum absolute atomic E-state index is 0.546. The van der Waals surface area contributed by atoms with E-state index in [1.165, 1.54) is 71.4 Å². The number of rotatable bonds is 9. The number of benzene rings is 3. The van der Waals surface area contributed by atoms with Crippen molar-refractivity contribution in [1.29, 1.82) is 0 Å². The third-order valence-electron chi connectivity index (χ3n) is 7.79. The molecule has 1 heterocycles. The molecular formula is C36H39N3. The van der Waals surface area contributed by atoms with E-state index in [1.807, 2.05) is 24.5 Å². The van der Waals surface area contributed by atoms with E-state index in [1.54, 1.807) is 0 Å². The predicted octanol–water partition coefficient (Wildman–Crippen LogP) is 9.09. The lowest BCUT2D eigenvalue weighted by molar-refractivity contribution is 0.396. The smallest absolute Gasteiger partial charge is 0.0478 e. The van der Waals surface area contributed by atoms with Gasteiger partial charge in [-0.1, -0.05) is 86.5 Å². The van der Waals surface area contributed by atoms with Gasteiger partial charge >= 0.3 is 0 Å². The third-order valence-corrected chi connectivity index (χ3v) is 7.79. The van der Waals surface area contributed by atoms with Crippen molar-refractivity contribution in [3.63, 3.8) is 0 Å². The van der Waals surface area contributed by atoms with Crippen LogP contribution in [0.25, 0.3) is 23.3 Å². The van der Waals surface area contributed by atoms with Crippen LogP contribution < -0.4 is 9.80 Å². The van der Waals surface area contributed by atoms with Crippen molar-refractivity contribution in [1.82, 2.24) is 4.98 Å². The van der Waals surface area contributed by atoms with Crippen LogP contribution in [0.4, 0.5) is 11.4 Å². The molecule has 0 radical (unpaired) electrons. The monoisotopic (exact) mass is 513 g/mol. The first-order valence-corrected chi connectivity index (χ1v) is 14.1. The fourth-order valence-corrected chi connectivity index (χ4v) is 5.42. The van der Waals surface area contributed by atoms with Gasteiger partial charge in [0.2, 0.25) is 0 Å². The zero-order chi connectivity index (χ0) is 27.0. The molecule has 198 valence electrons. The second-order valence-corrected chi connectivity index (χ2v) is 10.8. The summed E-state index contributed by atoms with van der Waals surface area (Å²) in [6.07, 6.45) is 14.4. The minimum atomic E-state index is 0.546. The Morgan fingerprint density at radius 3 is 2.08 bits per heavy atom. The van der Waals surface area contributed by atoms with Gasteiger partial charge in [-0.05, 0) is 83.0 Å². The first-order chi connectivity index (χ1) is 19.1. The van der Waals surface area contributed by atoms with E-state index in [-0.39, 0.29) is 0 Å². The van der Waals surface area contributed by atoms with Gasteiger partial charge < -0.3 is 9.80 Å². The Hall–Kier alpha value is -4.11. The highest BCUT2D eigenvalue weighted by Crippen LogP contribution is 2.35. The summed E-state index contributed by atoms with van der Waals surface area (Å²) >= 11 is 0. The van der Waals surface area contributed by atoms with Gasteiger partial charge in [0.05, 0.1) is 0 Å². The first kappa shape index (κ1) is 26.5. The Bertz CT molecular complexity index is 1380. The molecule has 1 aromatic heterocycles. The van der Waals surface area contributed by atoms with Crippen LogP contribution in [-0.4, -0.2) is 19.1 Å². The topological polar surface area (TPSA) is 19.4 Å². The van der Waals surface area contributed by atoms with Crippen LogP contribution in [0.3, 0.4) is 0 Å². The van der Waals surface area contributed by atoms with Gasteiger partial charge in [0.1, 0.15) is 0 Å². The fraction of sp³-hybridized carbons (Fsp3) is 0.250. The third kappa shape index (κ3) is 6.86. The second-order valence-electron chi connectivity index (χ2n) is 10.8. The van der Waals surface area contributed by atoms with Gasteiger partial charge in [0, 0.05) is 50.1 Å². The molecule has 0 amide bonds. The number of hydrogen-bond donors (Lipinski definition) is 0. The molecule has 3 nitrogen and oxygen atoms in total. The molecule has 1 aliphatic carbocycles. The Morgan fingerprint density at radius 2 is 1.41 bits per heavy atom. The lowest BCUT2D eigenvalue weighted by Crippen LogP contribution is -2.27. The molecule has 1 saturated carbocycles. The van der Waals surface area contributed by atoms with Crippen molar-refractivity contribution in [2.24, 2.45) is 5.92 Å². The molecule has 0 atom stereocenters. The maximum Gasteiger partial charge on any atom is 0.0478 e. The van der Waals surface area contributed by atoms with Gasteiger partial charge in [-0.15, -0.1) is 0 Å². The summed E-state index contributed by atoms with van der Waals surface area (Å²) in [6.45, 7) is 5.47. The summed E-state index contributed by atoms with van der Waals surface area (Å²) in [5, 5.41) is 0. The lowest BCUT2D eigenvalue weighted by atomic mass is 9.86. The van der Waals surface area contributed by atoms with Crippen LogP contribution in [0.5, 0.6) is 0 Å². The Labute approximate surface area is 234 Å². The van der Waals surface area contributed by atoms with E-state index in [9.17, 15) is 0 Å². The molecular weight excluding hydrogens is 474 g/mol. The zero-order valence-corrected chi connectivity index (χ0v) is 23.3. The average molecular weight is 514 g/mol. The molecule has 0 bridgehead atoms. The molecule has 1 fully saturated rings. The molecule has 0 unspecified atom stereocenters.